The predicted molar refractivity (Wildman–Crippen MR) is 109 cm³/mol. The fourth-order valence-corrected chi connectivity index (χ4v) is 4.67. The van der Waals surface area contributed by atoms with Crippen LogP contribution >= 0.6 is 11.3 Å². The van der Waals surface area contributed by atoms with Crippen LogP contribution in [0.2, 0.25) is 0 Å². The maximum Gasteiger partial charge on any atom is 0.225 e. The van der Waals surface area contributed by atoms with Crippen molar-refractivity contribution in [2.24, 2.45) is 0 Å². The molecule has 0 bridgehead atoms. The third-order valence-electron chi connectivity index (χ3n) is 4.79. The third-order valence-corrected chi connectivity index (χ3v) is 5.88. The zero-order valence-electron chi connectivity index (χ0n) is 15.3. The smallest absolute Gasteiger partial charge is 0.225 e. The van der Waals surface area contributed by atoms with Gasteiger partial charge in [0.25, 0.3) is 0 Å². The van der Waals surface area contributed by atoms with E-state index in [-0.39, 0.29) is 11.8 Å². The number of nitrogens with one attached hydrogen (secondary N) is 1. The minimum absolute atomic E-state index is 0.00787. The molecular formula is C22H21NO3S. The van der Waals surface area contributed by atoms with Gasteiger partial charge in [-0.25, -0.2) is 0 Å². The van der Waals surface area contributed by atoms with E-state index < -0.39 is 0 Å². The van der Waals surface area contributed by atoms with Crippen molar-refractivity contribution in [2.45, 2.75) is 19.3 Å². The number of ether oxygens (including phenoxy) is 2. The largest absolute Gasteiger partial charge is 0.497 e. The van der Waals surface area contributed by atoms with E-state index in [1.165, 1.54) is 4.88 Å². The highest BCUT2D eigenvalue weighted by Gasteiger charge is 2.32. The van der Waals surface area contributed by atoms with Crippen LogP contribution in [0.1, 0.15) is 29.7 Å². The van der Waals surface area contributed by atoms with Crippen LogP contribution in [0, 0.1) is 0 Å². The highest BCUT2D eigenvalue weighted by atomic mass is 32.1. The van der Waals surface area contributed by atoms with Crippen LogP contribution in [0.15, 0.2) is 53.9 Å². The summed E-state index contributed by atoms with van der Waals surface area (Å²) in [6, 6.07) is 15.9. The first kappa shape index (κ1) is 17.6. The molecule has 0 aliphatic carbocycles. The molecule has 1 unspecified atom stereocenters. The Hall–Kier alpha value is -2.79. The zero-order chi connectivity index (χ0) is 18.8. The molecule has 0 radical (unpaired) electrons. The average Bonchev–Trinajstić information content (AvgIpc) is 3.12. The fraction of sp³-hybridized carbons (Fsp3) is 0.227. The van der Waals surface area contributed by atoms with Gasteiger partial charge in [0, 0.05) is 33.7 Å². The van der Waals surface area contributed by atoms with E-state index in [0.717, 1.165) is 33.9 Å². The number of carbonyl (C=O) groups excluding carboxylic acids is 1. The summed E-state index contributed by atoms with van der Waals surface area (Å²) in [5.74, 6) is 1.71. The molecular weight excluding hydrogens is 358 g/mol. The topological polar surface area (TPSA) is 47.6 Å². The maximum atomic E-state index is 12.5. The molecule has 27 heavy (non-hydrogen) atoms. The van der Waals surface area contributed by atoms with E-state index in [9.17, 15) is 4.79 Å². The van der Waals surface area contributed by atoms with E-state index in [1.54, 1.807) is 18.4 Å². The molecule has 1 amide bonds. The molecule has 0 saturated carbocycles. The summed E-state index contributed by atoms with van der Waals surface area (Å²) in [5, 5.41) is 5.21. The molecule has 138 valence electrons. The van der Waals surface area contributed by atoms with Gasteiger partial charge in [-0.05, 0) is 30.7 Å². The van der Waals surface area contributed by atoms with Gasteiger partial charge in [0.2, 0.25) is 5.91 Å². The van der Waals surface area contributed by atoms with Crippen LogP contribution in [-0.4, -0.2) is 19.6 Å². The van der Waals surface area contributed by atoms with Crippen LogP contribution in [0.3, 0.4) is 0 Å². The Morgan fingerprint density at radius 1 is 1.15 bits per heavy atom. The Bertz CT molecular complexity index is 962. The fourth-order valence-electron chi connectivity index (χ4n) is 3.52. The zero-order valence-corrected chi connectivity index (χ0v) is 16.1. The maximum absolute atomic E-state index is 12.5. The van der Waals surface area contributed by atoms with Crippen LogP contribution in [0.4, 0.5) is 5.69 Å². The highest BCUT2D eigenvalue weighted by molar-refractivity contribution is 7.11. The number of thiophene rings is 1. The molecule has 2 heterocycles. The minimum Gasteiger partial charge on any atom is -0.497 e. The van der Waals surface area contributed by atoms with Crippen molar-refractivity contribution in [1.29, 1.82) is 0 Å². The summed E-state index contributed by atoms with van der Waals surface area (Å²) in [6.07, 6.45) is 0.430. The van der Waals surface area contributed by atoms with Crippen LogP contribution < -0.4 is 14.8 Å². The molecule has 1 atom stereocenters. The van der Waals surface area contributed by atoms with Gasteiger partial charge in [-0.2, -0.15) is 0 Å². The van der Waals surface area contributed by atoms with Crippen molar-refractivity contribution < 1.29 is 14.3 Å². The van der Waals surface area contributed by atoms with Crippen molar-refractivity contribution in [3.05, 3.63) is 64.4 Å². The van der Waals surface area contributed by atoms with Crippen molar-refractivity contribution >= 4 is 22.9 Å². The van der Waals surface area contributed by atoms with Gasteiger partial charge in [-0.3, -0.25) is 4.79 Å². The van der Waals surface area contributed by atoms with Gasteiger partial charge in [0.15, 0.2) is 0 Å². The van der Waals surface area contributed by atoms with E-state index in [2.05, 4.69) is 16.8 Å². The van der Waals surface area contributed by atoms with Crippen LogP contribution in [-0.2, 0) is 4.79 Å². The average molecular weight is 379 g/mol. The lowest BCUT2D eigenvalue weighted by Crippen LogP contribution is -2.22. The molecule has 5 heteroatoms. The second kappa shape index (κ2) is 7.45. The Balaban J connectivity index is 1.78. The molecule has 0 saturated heterocycles. The highest BCUT2D eigenvalue weighted by Crippen LogP contribution is 2.48. The Labute approximate surface area is 162 Å². The molecule has 2 aromatic carbocycles. The summed E-state index contributed by atoms with van der Waals surface area (Å²) in [5.41, 5.74) is 4.09. The minimum atomic E-state index is 0.00787. The molecule has 1 aliphatic rings. The predicted octanol–water partition coefficient (Wildman–Crippen LogP) is 5.30. The van der Waals surface area contributed by atoms with E-state index in [1.807, 2.05) is 49.4 Å². The number of para-hydroxylation sites is 1. The summed E-state index contributed by atoms with van der Waals surface area (Å²) in [6.45, 7) is 2.58. The lowest BCUT2D eigenvalue weighted by atomic mass is 9.88. The second-order valence-corrected chi connectivity index (χ2v) is 7.30. The van der Waals surface area contributed by atoms with Gasteiger partial charge < -0.3 is 14.8 Å². The van der Waals surface area contributed by atoms with E-state index >= 15 is 0 Å². The normalized spacial score (nSPS) is 15.8. The number of hydrogen-bond acceptors (Lipinski definition) is 4. The lowest BCUT2D eigenvalue weighted by Gasteiger charge is -2.25. The molecule has 1 aromatic heterocycles. The van der Waals surface area contributed by atoms with Crippen LogP contribution in [0.5, 0.6) is 11.5 Å². The lowest BCUT2D eigenvalue weighted by molar-refractivity contribution is -0.116. The molecule has 1 aliphatic heterocycles. The van der Waals surface area contributed by atoms with Crippen molar-refractivity contribution in [2.75, 3.05) is 19.0 Å². The Kier molecular flexibility index (Phi) is 4.86. The van der Waals surface area contributed by atoms with Gasteiger partial charge in [-0.1, -0.05) is 30.3 Å². The number of rotatable bonds is 5. The molecule has 3 aromatic rings. The summed E-state index contributed by atoms with van der Waals surface area (Å²) >= 11 is 1.69. The van der Waals surface area contributed by atoms with Crippen LogP contribution in [0.25, 0.3) is 11.1 Å². The molecule has 1 N–H and O–H groups in total. The van der Waals surface area contributed by atoms with Crippen molar-refractivity contribution in [3.8, 4) is 22.6 Å². The van der Waals surface area contributed by atoms with E-state index in [4.69, 9.17) is 9.47 Å². The van der Waals surface area contributed by atoms with Gasteiger partial charge >= 0.3 is 0 Å². The summed E-state index contributed by atoms with van der Waals surface area (Å²) < 4.78 is 11.1. The van der Waals surface area contributed by atoms with Gasteiger partial charge in [0.05, 0.1) is 19.4 Å². The molecule has 0 spiro atoms. The van der Waals surface area contributed by atoms with Gasteiger partial charge in [-0.15, -0.1) is 11.3 Å². The molecule has 0 fully saturated rings. The quantitative estimate of drug-likeness (QED) is 0.655. The Morgan fingerprint density at radius 2 is 1.93 bits per heavy atom. The second-order valence-electron chi connectivity index (χ2n) is 6.39. The first-order valence-electron chi connectivity index (χ1n) is 8.98. The van der Waals surface area contributed by atoms with E-state index in [0.29, 0.717) is 13.0 Å². The molecule has 4 nitrogen and oxygen atoms in total. The first-order valence-corrected chi connectivity index (χ1v) is 9.86. The number of carbonyl (C=O) groups is 1. The number of fused-ring (bicyclic) bond motifs is 1. The van der Waals surface area contributed by atoms with Crippen molar-refractivity contribution in [1.82, 2.24) is 0 Å². The standard InChI is InChI=1S/C22H21NO3S/c1-3-26-19-7-5-4-6-16(19)17-12-20(24)23-21-18(13-27-22(17)21)14-8-10-15(25-2)11-9-14/h4-11,13,17H,3,12H2,1-2H3,(H,23,24). The molecule has 4 rings (SSSR count). The third kappa shape index (κ3) is 3.30. The number of anilines is 1. The number of methoxy groups -OCH3 is 1. The SMILES string of the molecule is CCOc1ccccc1C1CC(=O)Nc2c(-c3ccc(OC)cc3)csc21. The number of amides is 1. The summed E-state index contributed by atoms with van der Waals surface area (Å²) in [4.78, 5) is 13.7. The Morgan fingerprint density at radius 3 is 2.67 bits per heavy atom. The van der Waals surface area contributed by atoms with Gasteiger partial charge in [0.1, 0.15) is 11.5 Å². The monoisotopic (exact) mass is 379 g/mol. The number of benzene rings is 2. The van der Waals surface area contributed by atoms with Crippen molar-refractivity contribution in [3.63, 3.8) is 0 Å². The first-order chi connectivity index (χ1) is 13.2. The summed E-state index contributed by atoms with van der Waals surface area (Å²) in [7, 11) is 1.65. The number of hydrogen-bond donors (Lipinski definition) is 1.